The molecular formula is C25H27Cl2F3N4O. The van der Waals surface area contributed by atoms with Gasteiger partial charge >= 0.3 is 6.18 Å². The van der Waals surface area contributed by atoms with Crippen molar-refractivity contribution in [3.05, 3.63) is 68.1 Å². The van der Waals surface area contributed by atoms with Gasteiger partial charge in [0.25, 0.3) is 5.91 Å². The van der Waals surface area contributed by atoms with Crippen LogP contribution in [0, 0.1) is 13.8 Å². The lowest BCUT2D eigenvalue weighted by Crippen LogP contribution is -2.44. The predicted octanol–water partition coefficient (Wildman–Crippen LogP) is 6.03. The third-order valence-electron chi connectivity index (χ3n) is 6.81. The van der Waals surface area contributed by atoms with Gasteiger partial charge in [0.1, 0.15) is 5.65 Å². The van der Waals surface area contributed by atoms with Crippen molar-refractivity contribution in [1.82, 2.24) is 19.2 Å². The number of carbonyl (C=O) groups is 1. The predicted molar refractivity (Wildman–Crippen MR) is 132 cm³/mol. The normalized spacial score (nSPS) is 15.4. The van der Waals surface area contributed by atoms with Gasteiger partial charge in [0.15, 0.2) is 0 Å². The molecule has 0 saturated carbocycles. The Bertz CT molecular complexity index is 1280. The van der Waals surface area contributed by atoms with Crippen LogP contribution in [0.25, 0.3) is 5.65 Å². The molecule has 1 saturated heterocycles. The highest BCUT2D eigenvalue weighted by Gasteiger charge is 2.32. The van der Waals surface area contributed by atoms with Crippen molar-refractivity contribution in [1.29, 1.82) is 0 Å². The number of pyridine rings is 1. The Morgan fingerprint density at radius 2 is 1.83 bits per heavy atom. The van der Waals surface area contributed by atoms with Crippen LogP contribution in [-0.2, 0) is 12.6 Å². The number of amides is 1. The van der Waals surface area contributed by atoms with Gasteiger partial charge in [-0.25, -0.2) is 4.98 Å². The molecule has 0 spiro atoms. The Morgan fingerprint density at radius 1 is 1.17 bits per heavy atom. The fourth-order valence-corrected chi connectivity index (χ4v) is 5.23. The molecule has 1 aliphatic rings. The largest absolute Gasteiger partial charge is 0.417 e. The first-order valence-corrected chi connectivity index (χ1v) is 12.1. The summed E-state index contributed by atoms with van der Waals surface area (Å²) >= 11 is 13.2. The van der Waals surface area contributed by atoms with Crippen LogP contribution >= 0.6 is 23.2 Å². The van der Waals surface area contributed by atoms with Crippen LogP contribution < -0.4 is 0 Å². The lowest BCUT2D eigenvalue weighted by molar-refractivity contribution is -0.137. The zero-order valence-electron chi connectivity index (χ0n) is 20.0. The van der Waals surface area contributed by atoms with E-state index in [0.717, 1.165) is 25.1 Å². The van der Waals surface area contributed by atoms with Crippen LogP contribution in [0.15, 0.2) is 24.4 Å². The first-order chi connectivity index (χ1) is 16.4. The van der Waals surface area contributed by atoms with E-state index in [4.69, 9.17) is 23.2 Å². The van der Waals surface area contributed by atoms with Crippen LogP contribution in [0.5, 0.6) is 0 Å². The Balaban J connectivity index is 1.65. The lowest BCUT2D eigenvalue weighted by Gasteiger charge is -2.35. The number of fused-ring (bicyclic) bond motifs is 1. The molecule has 3 aromatic rings. The molecule has 0 aliphatic carbocycles. The maximum atomic E-state index is 13.3. The number of likely N-dealkylation sites (tertiary alicyclic amines) is 1. The van der Waals surface area contributed by atoms with E-state index in [1.807, 2.05) is 14.1 Å². The fourth-order valence-electron chi connectivity index (χ4n) is 4.64. The van der Waals surface area contributed by atoms with Crippen LogP contribution in [0.3, 0.4) is 0 Å². The number of piperidine rings is 1. The van der Waals surface area contributed by atoms with Crippen molar-refractivity contribution in [3.8, 4) is 0 Å². The van der Waals surface area contributed by atoms with E-state index in [1.54, 1.807) is 30.9 Å². The van der Waals surface area contributed by atoms with Gasteiger partial charge in [-0.1, -0.05) is 23.2 Å². The van der Waals surface area contributed by atoms with Crippen molar-refractivity contribution < 1.29 is 18.0 Å². The number of rotatable bonds is 4. The van der Waals surface area contributed by atoms with E-state index in [0.29, 0.717) is 57.9 Å². The van der Waals surface area contributed by atoms with E-state index < -0.39 is 11.7 Å². The molecule has 1 fully saturated rings. The van der Waals surface area contributed by atoms with Crippen molar-refractivity contribution in [2.24, 2.45) is 0 Å². The molecule has 2 aromatic heterocycles. The van der Waals surface area contributed by atoms with Gasteiger partial charge < -0.3 is 14.2 Å². The molecule has 0 atom stereocenters. The highest BCUT2D eigenvalue weighted by Crippen LogP contribution is 2.34. The Morgan fingerprint density at radius 3 is 2.43 bits per heavy atom. The number of alkyl halides is 3. The number of carbonyl (C=O) groups excluding carboxylic acids is 1. The summed E-state index contributed by atoms with van der Waals surface area (Å²) in [6, 6.07) is 4.80. The van der Waals surface area contributed by atoms with E-state index >= 15 is 0 Å². The van der Waals surface area contributed by atoms with Gasteiger partial charge in [-0.05, 0) is 70.1 Å². The SMILES string of the molecule is Cc1cc(C(F)(F)F)cn2c(C)c(Cc3c(Cl)ccc(C(=O)N4CCC(N(C)C)CC4)c3Cl)nc12. The molecule has 3 heterocycles. The van der Waals surface area contributed by atoms with Crippen molar-refractivity contribution in [2.75, 3.05) is 27.2 Å². The molecule has 35 heavy (non-hydrogen) atoms. The van der Waals surface area contributed by atoms with Crippen molar-refractivity contribution in [2.45, 2.75) is 45.3 Å². The number of hydrogen-bond acceptors (Lipinski definition) is 3. The Hall–Kier alpha value is -2.29. The minimum Gasteiger partial charge on any atom is -0.338 e. The van der Waals surface area contributed by atoms with Crippen LogP contribution in [0.1, 0.15) is 51.3 Å². The van der Waals surface area contributed by atoms with E-state index in [-0.39, 0.29) is 17.4 Å². The van der Waals surface area contributed by atoms with Crippen LogP contribution in [0.2, 0.25) is 10.0 Å². The maximum absolute atomic E-state index is 13.3. The van der Waals surface area contributed by atoms with E-state index in [2.05, 4.69) is 9.88 Å². The monoisotopic (exact) mass is 526 g/mol. The molecule has 4 rings (SSSR count). The van der Waals surface area contributed by atoms with Gasteiger partial charge in [0.05, 0.1) is 21.8 Å². The molecule has 1 aliphatic heterocycles. The zero-order chi connectivity index (χ0) is 25.7. The summed E-state index contributed by atoms with van der Waals surface area (Å²) in [5.74, 6) is -0.150. The third-order valence-corrected chi connectivity index (χ3v) is 7.60. The minimum atomic E-state index is -4.46. The smallest absolute Gasteiger partial charge is 0.338 e. The van der Waals surface area contributed by atoms with Crippen LogP contribution in [-0.4, -0.2) is 58.3 Å². The first-order valence-electron chi connectivity index (χ1n) is 11.4. The van der Waals surface area contributed by atoms with Gasteiger partial charge in [-0.2, -0.15) is 13.2 Å². The summed E-state index contributed by atoms with van der Waals surface area (Å²) in [5.41, 5.74) is 2.12. The lowest BCUT2D eigenvalue weighted by atomic mass is 10.0. The van der Waals surface area contributed by atoms with Crippen molar-refractivity contribution in [3.63, 3.8) is 0 Å². The van der Waals surface area contributed by atoms with Gasteiger partial charge in [0.2, 0.25) is 0 Å². The molecule has 10 heteroatoms. The highest BCUT2D eigenvalue weighted by atomic mass is 35.5. The number of imidazole rings is 1. The molecule has 0 bridgehead atoms. The van der Waals surface area contributed by atoms with Gasteiger partial charge in [0, 0.05) is 42.5 Å². The summed E-state index contributed by atoms with van der Waals surface area (Å²) in [4.78, 5) is 21.8. The number of aromatic nitrogens is 2. The maximum Gasteiger partial charge on any atom is 0.417 e. The van der Waals surface area contributed by atoms with Gasteiger partial charge in [-0.3, -0.25) is 4.79 Å². The minimum absolute atomic E-state index is 0.150. The molecule has 0 N–H and O–H groups in total. The fraction of sp³-hybridized carbons (Fsp3) is 0.440. The third kappa shape index (κ3) is 5.01. The molecule has 188 valence electrons. The second-order valence-electron chi connectivity index (χ2n) is 9.30. The molecule has 1 amide bonds. The summed E-state index contributed by atoms with van der Waals surface area (Å²) < 4.78 is 41.4. The summed E-state index contributed by atoms with van der Waals surface area (Å²) in [7, 11) is 4.08. The Kier molecular flexibility index (Phi) is 7.10. The van der Waals surface area contributed by atoms with E-state index in [1.165, 1.54) is 4.40 Å². The molecule has 1 aromatic carbocycles. The highest BCUT2D eigenvalue weighted by molar-refractivity contribution is 6.38. The number of hydrogen-bond donors (Lipinski definition) is 0. The average Bonchev–Trinajstić information content (AvgIpc) is 3.11. The second kappa shape index (κ2) is 9.64. The second-order valence-corrected chi connectivity index (χ2v) is 10.1. The number of benzene rings is 1. The molecule has 0 radical (unpaired) electrons. The number of nitrogens with zero attached hydrogens (tertiary/aromatic N) is 4. The number of aryl methyl sites for hydroxylation is 2. The summed E-state index contributed by atoms with van der Waals surface area (Å²) in [6.07, 6.45) is -1.45. The topological polar surface area (TPSA) is 40.9 Å². The molecule has 0 unspecified atom stereocenters. The zero-order valence-corrected chi connectivity index (χ0v) is 21.5. The van der Waals surface area contributed by atoms with Crippen molar-refractivity contribution >= 4 is 34.8 Å². The van der Waals surface area contributed by atoms with Gasteiger partial charge in [-0.15, -0.1) is 0 Å². The standard InChI is InChI=1S/C25H27Cl2F3N4O/c1-14-11-16(25(28,29)30)13-34-15(2)21(31-23(14)34)12-19-20(26)6-5-18(22(19)27)24(35)33-9-7-17(8-10-33)32(3)4/h5-6,11,13,17H,7-10,12H2,1-4H3. The quantitative estimate of drug-likeness (QED) is 0.416. The first kappa shape index (κ1) is 25.8. The Labute approximate surface area is 212 Å². The molecule has 5 nitrogen and oxygen atoms in total. The number of halogens is 5. The summed E-state index contributed by atoms with van der Waals surface area (Å²) in [6.45, 7) is 4.59. The summed E-state index contributed by atoms with van der Waals surface area (Å²) in [5, 5.41) is 0.628. The average molecular weight is 527 g/mol. The molecular weight excluding hydrogens is 500 g/mol. The van der Waals surface area contributed by atoms with Crippen LogP contribution in [0.4, 0.5) is 13.2 Å². The van der Waals surface area contributed by atoms with E-state index in [9.17, 15) is 18.0 Å².